The van der Waals surface area contributed by atoms with Crippen molar-refractivity contribution in [1.29, 1.82) is 5.26 Å². The molecule has 1 fully saturated rings. The van der Waals surface area contributed by atoms with Crippen molar-refractivity contribution in [1.82, 2.24) is 14.9 Å². The second-order valence-electron chi connectivity index (χ2n) is 5.63. The van der Waals surface area contributed by atoms with E-state index in [1.807, 2.05) is 6.19 Å². The second kappa shape index (κ2) is 7.58. The van der Waals surface area contributed by atoms with Gasteiger partial charge in [-0.05, 0) is 12.1 Å². The lowest BCUT2D eigenvalue weighted by Crippen LogP contribution is -2.46. The van der Waals surface area contributed by atoms with Gasteiger partial charge in [-0.25, -0.2) is 9.97 Å². The summed E-state index contributed by atoms with van der Waals surface area (Å²) in [6.07, 6.45) is 2.57. The number of morpholine rings is 1. The molecule has 3 N–H and O–H groups in total. The largest absolute Gasteiger partial charge is 0.366 e. The SMILES string of the molecule is N#CN1CCO[C@@H](C(=O)Nc2cc(-c3cccc(C(N)=O)c3)ncn2)C1. The minimum absolute atomic E-state index is 0.195. The Morgan fingerprint density at radius 3 is 2.96 bits per heavy atom. The monoisotopic (exact) mass is 352 g/mol. The molecule has 2 amide bonds. The molecule has 3 rings (SSSR count). The quantitative estimate of drug-likeness (QED) is 0.759. The van der Waals surface area contributed by atoms with Crippen LogP contribution in [-0.4, -0.2) is 52.5 Å². The number of primary amides is 1. The average Bonchev–Trinajstić information content (AvgIpc) is 2.68. The predicted molar refractivity (Wildman–Crippen MR) is 91.5 cm³/mol. The highest BCUT2D eigenvalue weighted by Crippen LogP contribution is 2.20. The standard InChI is InChI=1S/C17H16N6O3/c18-9-23-4-5-26-14(8-23)17(25)22-15-7-13(20-10-21-15)11-2-1-3-12(6-11)16(19)24/h1-3,6-7,10,14H,4-5,8H2,(H2,19,24)(H,20,21,22,25)/t14-/m1/s1. The zero-order valence-corrected chi connectivity index (χ0v) is 13.8. The molecule has 0 saturated carbocycles. The summed E-state index contributed by atoms with van der Waals surface area (Å²) in [4.78, 5) is 33.3. The van der Waals surface area contributed by atoms with Crippen molar-refractivity contribution in [2.45, 2.75) is 6.10 Å². The Labute approximate surface area is 149 Å². The van der Waals surface area contributed by atoms with Crippen molar-refractivity contribution in [3.05, 3.63) is 42.2 Å². The normalized spacial score (nSPS) is 16.6. The number of nitrogens with two attached hydrogens (primary N) is 1. The Balaban J connectivity index is 1.75. The van der Waals surface area contributed by atoms with E-state index in [0.29, 0.717) is 35.8 Å². The van der Waals surface area contributed by atoms with Crippen molar-refractivity contribution in [3.8, 4) is 17.5 Å². The number of carbonyl (C=O) groups is 2. The van der Waals surface area contributed by atoms with E-state index in [2.05, 4.69) is 15.3 Å². The van der Waals surface area contributed by atoms with Crippen LogP contribution in [0.5, 0.6) is 0 Å². The molecular weight excluding hydrogens is 336 g/mol. The van der Waals surface area contributed by atoms with E-state index in [1.165, 1.54) is 11.2 Å². The maximum Gasteiger partial charge on any atom is 0.256 e. The van der Waals surface area contributed by atoms with Gasteiger partial charge >= 0.3 is 0 Å². The molecular formula is C17H16N6O3. The number of nitrogens with one attached hydrogen (secondary N) is 1. The molecule has 0 bridgehead atoms. The van der Waals surface area contributed by atoms with Crippen LogP contribution in [0.15, 0.2) is 36.7 Å². The van der Waals surface area contributed by atoms with E-state index in [0.717, 1.165) is 0 Å². The predicted octanol–water partition coefficient (Wildman–Crippen LogP) is 0.363. The van der Waals surface area contributed by atoms with Crippen molar-refractivity contribution < 1.29 is 14.3 Å². The number of nitrogens with zero attached hydrogens (tertiary/aromatic N) is 4. The Bertz CT molecular complexity index is 879. The van der Waals surface area contributed by atoms with Gasteiger partial charge in [0.2, 0.25) is 5.91 Å². The summed E-state index contributed by atoms with van der Waals surface area (Å²) in [5, 5.41) is 11.6. The minimum Gasteiger partial charge on any atom is -0.366 e. The van der Waals surface area contributed by atoms with Crippen LogP contribution in [0.2, 0.25) is 0 Å². The second-order valence-corrected chi connectivity index (χ2v) is 5.63. The highest BCUT2D eigenvalue weighted by atomic mass is 16.5. The van der Waals surface area contributed by atoms with Crippen molar-refractivity contribution in [2.24, 2.45) is 5.73 Å². The lowest BCUT2D eigenvalue weighted by Gasteiger charge is -2.28. The van der Waals surface area contributed by atoms with Crippen molar-refractivity contribution in [3.63, 3.8) is 0 Å². The first-order chi connectivity index (χ1) is 12.6. The number of ether oxygens (including phenoxy) is 1. The molecule has 132 valence electrons. The average molecular weight is 352 g/mol. The molecule has 1 aromatic heterocycles. The maximum absolute atomic E-state index is 12.3. The number of hydrogen-bond donors (Lipinski definition) is 2. The molecule has 26 heavy (non-hydrogen) atoms. The van der Waals surface area contributed by atoms with Gasteiger partial charge in [0.15, 0.2) is 12.3 Å². The van der Waals surface area contributed by atoms with E-state index in [1.54, 1.807) is 30.3 Å². The van der Waals surface area contributed by atoms with Gasteiger partial charge in [-0.1, -0.05) is 12.1 Å². The summed E-state index contributed by atoms with van der Waals surface area (Å²) in [5.74, 6) is -0.631. The van der Waals surface area contributed by atoms with Crippen LogP contribution in [-0.2, 0) is 9.53 Å². The van der Waals surface area contributed by atoms with E-state index < -0.39 is 12.0 Å². The molecule has 0 spiro atoms. The number of aromatic nitrogens is 2. The number of carbonyl (C=O) groups excluding carboxylic acids is 2. The van der Waals surface area contributed by atoms with Crippen LogP contribution in [0.1, 0.15) is 10.4 Å². The molecule has 0 radical (unpaired) electrons. The first-order valence-electron chi connectivity index (χ1n) is 7.86. The maximum atomic E-state index is 12.3. The summed E-state index contributed by atoms with van der Waals surface area (Å²) < 4.78 is 5.40. The number of rotatable bonds is 4. The Morgan fingerprint density at radius 2 is 2.19 bits per heavy atom. The highest BCUT2D eigenvalue weighted by Gasteiger charge is 2.26. The van der Waals surface area contributed by atoms with E-state index in [4.69, 9.17) is 15.7 Å². The summed E-state index contributed by atoms with van der Waals surface area (Å²) >= 11 is 0. The summed E-state index contributed by atoms with van der Waals surface area (Å²) in [7, 11) is 0. The summed E-state index contributed by atoms with van der Waals surface area (Å²) in [5.41, 5.74) is 6.85. The van der Waals surface area contributed by atoms with E-state index in [9.17, 15) is 9.59 Å². The topological polar surface area (TPSA) is 134 Å². The van der Waals surface area contributed by atoms with E-state index >= 15 is 0 Å². The van der Waals surface area contributed by atoms with Crippen LogP contribution in [0, 0.1) is 11.5 Å². The van der Waals surface area contributed by atoms with Crippen LogP contribution < -0.4 is 11.1 Å². The van der Waals surface area contributed by atoms with Crippen molar-refractivity contribution in [2.75, 3.05) is 25.0 Å². The number of anilines is 1. The lowest BCUT2D eigenvalue weighted by atomic mass is 10.1. The number of amides is 2. The van der Waals surface area contributed by atoms with Gasteiger partial charge in [0.1, 0.15) is 12.1 Å². The van der Waals surface area contributed by atoms with Gasteiger partial charge in [-0.15, -0.1) is 0 Å². The fourth-order valence-electron chi connectivity index (χ4n) is 2.52. The third kappa shape index (κ3) is 3.93. The first-order valence-corrected chi connectivity index (χ1v) is 7.86. The Kier molecular flexibility index (Phi) is 5.05. The van der Waals surface area contributed by atoms with Crippen LogP contribution in [0.3, 0.4) is 0 Å². The zero-order chi connectivity index (χ0) is 18.5. The van der Waals surface area contributed by atoms with E-state index in [-0.39, 0.29) is 12.5 Å². The van der Waals surface area contributed by atoms with Crippen LogP contribution >= 0.6 is 0 Å². The minimum atomic E-state index is -0.750. The van der Waals surface area contributed by atoms with Gasteiger partial charge in [-0.3, -0.25) is 9.59 Å². The van der Waals surface area contributed by atoms with Gasteiger partial charge in [0.25, 0.3) is 5.91 Å². The molecule has 2 heterocycles. The number of hydrogen-bond acceptors (Lipinski definition) is 7. The molecule has 1 atom stereocenters. The molecule has 1 aromatic carbocycles. The van der Waals surface area contributed by atoms with Crippen LogP contribution in [0.4, 0.5) is 5.82 Å². The highest BCUT2D eigenvalue weighted by molar-refractivity contribution is 5.95. The van der Waals surface area contributed by atoms with Gasteiger partial charge in [0, 0.05) is 17.2 Å². The summed E-state index contributed by atoms with van der Waals surface area (Å²) in [6.45, 7) is 0.968. The number of benzene rings is 1. The first kappa shape index (κ1) is 17.3. The molecule has 2 aromatic rings. The Morgan fingerprint density at radius 1 is 1.35 bits per heavy atom. The molecule has 1 saturated heterocycles. The molecule has 1 aliphatic rings. The molecule has 1 aliphatic heterocycles. The summed E-state index contributed by atoms with van der Waals surface area (Å²) in [6, 6.07) is 8.28. The molecule has 9 nitrogen and oxygen atoms in total. The smallest absolute Gasteiger partial charge is 0.256 e. The zero-order valence-electron chi connectivity index (χ0n) is 13.8. The van der Waals surface area contributed by atoms with Gasteiger partial charge < -0.3 is 20.7 Å². The third-order valence-electron chi connectivity index (χ3n) is 3.86. The number of nitriles is 1. The van der Waals surface area contributed by atoms with Crippen molar-refractivity contribution >= 4 is 17.6 Å². The molecule has 0 aliphatic carbocycles. The van der Waals surface area contributed by atoms with Crippen LogP contribution in [0.25, 0.3) is 11.3 Å². The third-order valence-corrected chi connectivity index (χ3v) is 3.86. The Hall–Kier alpha value is -3.51. The fourth-order valence-corrected chi connectivity index (χ4v) is 2.52. The fraction of sp³-hybridized carbons (Fsp3) is 0.235. The molecule has 0 unspecified atom stereocenters. The lowest BCUT2D eigenvalue weighted by molar-refractivity contribution is -0.131. The van der Waals surface area contributed by atoms with Gasteiger partial charge in [-0.2, -0.15) is 5.26 Å². The molecule has 9 heteroatoms. The van der Waals surface area contributed by atoms with Gasteiger partial charge in [0.05, 0.1) is 25.4 Å².